The van der Waals surface area contributed by atoms with Crippen LogP contribution in [0.2, 0.25) is 5.02 Å². The molecule has 0 aliphatic carbocycles. The van der Waals surface area contributed by atoms with Gasteiger partial charge >= 0.3 is 5.63 Å². The van der Waals surface area contributed by atoms with E-state index in [1.165, 1.54) is 0 Å². The first kappa shape index (κ1) is 20.1. The summed E-state index contributed by atoms with van der Waals surface area (Å²) in [5.41, 5.74) is 0.754. The highest BCUT2D eigenvalue weighted by Gasteiger charge is 2.22. The van der Waals surface area contributed by atoms with E-state index in [0.717, 1.165) is 18.7 Å². The number of amides is 1. The molecule has 28 heavy (non-hydrogen) atoms. The molecule has 1 atom stereocenters. The smallest absolute Gasteiger partial charge is 0.349 e. The van der Waals surface area contributed by atoms with E-state index in [1.807, 2.05) is 30.3 Å². The van der Waals surface area contributed by atoms with E-state index in [0.29, 0.717) is 22.5 Å². The number of para-hydroxylation sites is 1. The van der Waals surface area contributed by atoms with Gasteiger partial charge in [-0.2, -0.15) is 0 Å². The number of carbonyl (C=O) groups is 1. The van der Waals surface area contributed by atoms with Gasteiger partial charge in [0.25, 0.3) is 5.91 Å². The number of nitrogens with one attached hydrogen (secondary N) is 1. The van der Waals surface area contributed by atoms with Crippen molar-refractivity contribution in [2.75, 3.05) is 19.6 Å². The molecule has 5 nitrogen and oxygen atoms in total. The molecule has 0 aliphatic rings. The zero-order chi connectivity index (χ0) is 20.1. The maximum absolute atomic E-state index is 12.7. The number of rotatable bonds is 7. The highest BCUT2D eigenvalue weighted by Crippen LogP contribution is 2.27. The van der Waals surface area contributed by atoms with Crippen LogP contribution in [-0.2, 0) is 0 Å². The number of carbonyl (C=O) groups excluding carboxylic acids is 1. The van der Waals surface area contributed by atoms with E-state index in [1.54, 1.807) is 24.3 Å². The molecule has 0 spiro atoms. The summed E-state index contributed by atoms with van der Waals surface area (Å²) in [5, 5.41) is 4.24. The predicted octanol–water partition coefficient (Wildman–Crippen LogP) is 4.26. The van der Waals surface area contributed by atoms with Crippen LogP contribution in [-0.4, -0.2) is 30.4 Å². The predicted molar refractivity (Wildman–Crippen MR) is 112 cm³/mol. The van der Waals surface area contributed by atoms with Crippen molar-refractivity contribution in [2.45, 2.75) is 19.9 Å². The second kappa shape index (κ2) is 9.04. The van der Waals surface area contributed by atoms with Crippen LogP contribution in [0.25, 0.3) is 11.0 Å². The Morgan fingerprint density at radius 1 is 1.11 bits per heavy atom. The molecule has 2 aromatic carbocycles. The third-order valence-corrected chi connectivity index (χ3v) is 5.20. The number of fused-ring (bicyclic) bond motifs is 1. The van der Waals surface area contributed by atoms with Crippen LogP contribution in [0, 0.1) is 0 Å². The lowest BCUT2D eigenvalue weighted by Crippen LogP contribution is -2.39. The van der Waals surface area contributed by atoms with E-state index in [9.17, 15) is 9.59 Å². The van der Waals surface area contributed by atoms with Gasteiger partial charge in [-0.25, -0.2) is 4.79 Å². The Labute approximate surface area is 168 Å². The molecule has 0 radical (unpaired) electrons. The van der Waals surface area contributed by atoms with Crippen LogP contribution in [0.15, 0.2) is 63.8 Å². The first-order chi connectivity index (χ1) is 13.5. The van der Waals surface area contributed by atoms with Crippen molar-refractivity contribution in [3.8, 4) is 0 Å². The Kier molecular flexibility index (Phi) is 6.49. The van der Waals surface area contributed by atoms with Gasteiger partial charge in [-0.05, 0) is 36.9 Å². The number of halogens is 1. The molecule has 0 bridgehead atoms. The van der Waals surface area contributed by atoms with Crippen molar-refractivity contribution in [1.82, 2.24) is 10.2 Å². The Balaban J connectivity index is 1.85. The summed E-state index contributed by atoms with van der Waals surface area (Å²) >= 11 is 6.40. The highest BCUT2D eigenvalue weighted by molar-refractivity contribution is 6.31. The quantitative estimate of drug-likeness (QED) is 0.604. The Hall–Kier alpha value is -2.63. The van der Waals surface area contributed by atoms with Crippen molar-refractivity contribution in [2.24, 2.45) is 0 Å². The fourth-order valence-electron chi connectivity index (χ4n) is 3.35. The lowest BCUT2D eigenvalue weighted by molar-refractivity contribution is 0.0931. The summed E-state index contributed by atoms with van der Waals surface area (Å²) in [6.07, 6.45) is 0. The van der Waals surface area contributed by atoms with E-state index in [2.05, 4.69) is 24.1 Å². The van der Waals surface area contributed by atoms with Gasteiger partial charge in [0.05, 0.1) is 6.04 Å². The van der Waals surface area contributed by atoms with Crippen LogP contribution < -0.4 is 10.9 Å². The van der Waals surface area contributed by atoms with Crippen molar-refractivity contribution < 1.29 is 9.21 Å². The lowest BCUT2D eigenvalue weighted by atomic mass is 10.0. The zero-order valence-electron chi connectivity index (χ0n) is 15.9. The van der Waals surface area contributed by atoms with Crippen LogP contribution >= 0.6 is 11.6 Å². The van der Waals surface area contributed by atoms with Crippen molar-refractivity contribution in [1.29, 1.82) is 0 Å². The Morgan fingerprint density at radius 3 is 2.50 bits per heavy atom. The summed E-state index contributed by atoms with van der Waals surface area (Å²) in [6.45, 7) is 6.07. The van der Waals surface area contributed by atoms with Gasteiger partial charge in [0.1, 0.15) is 11.1 Å². The van der Waals surface area contributed by atoms with E-state index in [-0.39, 0.29) is 11.6 Å². The summed E-state index contributed by atoms with van der Waals surface area (Å²) in [5.74, 6) is -0.455. The van der Waals surface area contributed by atoms with Gasteiger partial charge in [-0.1, -0.05) is 61.8 Å². The van der Waals surface area contributed by atoms with Crippen LogP contribution in [0.3, 0.4) is 0 Å². The largest absolute Gasteiger partial charge is 0.422 e. The summed E-state index contributed by atoms with van der Waals surface area (Å²) in [4.78, 5) is 27.1. The number of hydrogen-bond acceptors (Lipinski definition) is 4. The van der Waals surface area contributed by atoms with E-state index in [4.69, 9.17) is 16.0 Å². The second-order valence-corrected chi connectivity index (χ2v) is 6.86. The molecule has 0 fully saturated rings. The fourth-order valence-corrected chi connectivity index (χ4v) is 3.61. The van der Waals surface area contributed by atoms with E-state index < -0.39 is 11.5 Å². The van der Waals surface area contributed by atoms with Gasteiger partial charge in [-0.3, -0.25) is 9.69 Å². The van der Waals surface area contributed by atoms with Gasteiger partial charge in [-0.15, -0.1) is 0 Å². The molecule has 146 valence electrons. The minimum absolute atomic E-state index is 0.00356. The summed E-state index contributed by atoms with van der Waals surface area (Å²) < 4.78 is 5.27. The number of nitrogens with zero attached hydrogens (tertiary/aromatic N) is 1. The monoisotopic (exact) mass is 398 g/mol. The van der Waals surface area contributed by atoms with Gasteiger partial charge < -0.3 is 9.73 Å². The molecule has 1 unspecified atom stereocenters. The molecule has 0 saturated heterocycles. The minimum Gasteiger partial charge on any atom is -0.422 e. The summed E-state index contributed by atoms with van der Waals surface area (Å²) in [7, 11) is 0. The molecule has 1 heterocycles. The first-order valence-corrected chi connectivity index (χ1v) is 9.72. The number of hydrogen-bond donors (Lipinski definition) is 1. The molecule has 6 heteroatoms. The Bertz CT molecular complexity index is 1030. The molecule has 0 saturated carbocycles. The second-order valence-electron chi connectivity index (χ2n) is 6.45. The number of benzene rings is 2. The standard InChI is InChI=1S/C22H23ClN2O3/c1-3-25(4-2)19(16-10-6-7-11-18(16)23)14-24-21(26)17-13-15-9-5-8-12-20(15)28-22(17)27/h5-13,19H,3-4,14H2,1-2H3,(H,24,26). The normalized spacial score (nSPS) is 12.3. The SMILES string of the molecule is CCN(CC)C(CNC(=O)c1cc2ccccc2oc1=O)c1ccccc1Cl. The molecule has 1 amide bonds. The van der Waals surface area contributed by atoms with E-state index >= 15 is 0 Å². The van der Waals surface area contributed by atoms with Gasteiger partial charge in [0.15, 0.2) is 0 Å². The van der Waals surface area contributed by atoms with Crippen molar-refractivity contribution in [3.63, 3.8) is 0 Å². The average molecular weight is 399 g/mol. The minimum atomic E-state index is -0.645. The molecular weight excluding hydrogens is 376 g/mol. The number of likely N-dealkylation sites (N-methyl/N-ethyl adjacent to an activating group) is 1. The molecular formula is C22H23ClN2O3. The molecule has 0 aliphatic heterocycles. The summed E-state index contributed by atoms with van der Waals surface area (Å²) in [6, 6.07) is 16.2. The average Bonchev–Trinajstić information content (AvgIpc) is 2.71. The van der Waals surface area contributed by atoms with Crippen molar-refractivity contribution >= 4 is 28.5 Å². The Morgan fingerprint density at radius 2 is 1.79 bits per heavy atom. The van der Waals surface area contributed by atoms with Crippen LogP contribution in [0.5, 0.6) is 0 Å². The maximum atomic E-state index is 12.7. The molecule has 3 rings (SSSR count). The van der Waals surface area contributed by atoms with Gasteiger partial charge in [0.2, 0.25) is 0 Å². The third-order valence-electron chi connectivity index (χ3n) is 4.86. The lowest BCUT2D eigenvalue weighted by Gasteiger charge is -2.30. The molecule has 1 aromatic heterocycles. The fraction of sp³-hybridized carbons (Fsp3) is 0.273. The molecule has 3 aromatic rings. The zero-order valence-corrected chi connectivity index (χ0v) is 16.7. The van der Waals surface area contributed by atoms with Crippen LogP contribution in [0.1, 0.15) is 35.8 Å². The molecule has 1 N–H and O–H groups in total. The third kappa shape index (κ3) is 4.26. The highest BCUT2D eigenvalue weighted by atomic mass is 35.5. The van der Waals surface area contributed by atoms with Crippen LogP contribution in [0.4, 0.5) is 0 Å². The topological polar surface area (TPSA) is 62.6 Å². The maximum Gasteiger partial charge on any atom is 0.349 e. The van der Waals surface area contributed by atoms with Crippen molar-refractivity contribution in [3.05, 3.63) is 81.2 Å². The first-order valence-electron chi connectivity index (χ1n) is 9.34. The van der Waals surface area contributed by atoms with Gasteiger partial charge in [0, 0.05) is 17.0 Å².